The van der Waals surface area contributed by atoms with E-state index >= 15 is 0 Å². The number of rotatable bonds is 2. The molecule has 0 aromatic rings. The topological polar surface area (TPSA) is 55.8 Å². The van der Waals surface area contributed by atoms with E-state index in [9.17, 15) is 9.59 Å². The Labute approximate surface area is 101 Å². The van der Waals surface area contributed by atoms with Crippen molar-refractivity contribution in [1.29, 1.82) is 0 Å². The molecule has 17 heavy (non-hydrogen) atoms. The number of methoxy groups -OCH3 is 1. The maximum Gasteiger partial charge on any atom is 0.310 e. The van der Waals surface area contributed by atoms with Gasteiger partial charge in [0.25, 0.3) is 5.91 Å². The molecule has 5 heteroatoms. The standard InChI is InChI=1S/C12H19NO4/c1-8-3-4-10(17-8)11(14)13-6-5-9(7-13)12(15)16-2/h8-10H,3-7H2,1-2H3. The van der Waals surface area contributed by atoms with Crippen LogP contribution in [0.5, 0.6) is 0 Å². The number of amides is 1. The van der Waals surface area contributed by atoms with E-state index in [1.165, 1.54) is 7.11 Å². The van der Waals surface area contributed by atoms with Crippen LogP contribution in [-0.4, -0.2) is 49.2 Å². The molecule has 3 unspecified atom stereocenters. The van der Waals surface area contributed by atoms with Crippen LogP contribution >= 0.6 is 0 Å². The van der Waals surface area contributed by atoms with Crippen molar-refractivity contribution in [3.05, 3.63) is 0 Å². The summed E-state index contributed by atoms with van der Waals surface area (Å²) in [6.07, 6.45) is 2.29. The highest BCUT2D eigenvalue weighted by Gasteiger charge is 2.37. The largest absolute Gasteiger partial charge is 0.469 e. The third kappa shape index (κ3) is 2.60. The van der Waals surface area contributed by atoms with E-state index in [0.29, 0.717) is 19.5 Å². The van der Waals surface area contributed by atoms with E-state index < -0.39 is 0 Å². The van der Waals surface area contributed by atoms with Crippen molar-refractivity contribution in [2.24, 2.45) is 5.92 Å². The molecular weight excluding hydrogens is 222 g/mol. The molecule has 2 aliphatic rings. The minimum Gasteiger partial charge on any atom is -0.469 e. The summed E-state index contributed by atoms with van der Waals surface area (Å²) >= 11 is 0. The Hall–Kier alpha value is -1.10. The van der Waals surface area contributed by atoms with Crippen LogP contribution in [0.4, 0.5) is 0 Å². The molecule has 3 atom stereocenters. The van der Waals surface area contributed by atoms with Crippen molar-refractivity contribution < 1.29 is 19.1 Å². The van der Waals surface area contributed by atoms with Gasteiger partial charge in [-0.2, -0.15) is 0 Å². The van der Waals surface area contributed by atoms with Gasteiger partial charge >= 0.3 is 5.97 Å². The molecule has 0 saturated carbocycles. The Morgan fingerprint density at radius 1 is 1.29 bits per heavy atom. The first-order chi connectivity index (χ1) is 8.11. The van der Waals surface area contributed by atoms with Crippen molar-refractivity contribution in [2.45, 2.75) is 38.4 Å². The molecule has 2 heterocycles. The van der Waals surface area contributed by atoms with E-state index in [0.717, 1.165) is 12.8 Å². The Kier molecular flexibility index (Phi) is 3.66. The third-order valence-corrected chi connectivity index (χ3v) is 3.54. The predicted octanol–water partition coefficient (Wildman–Crippen LogP) is 0.575. The van der Waals surface area contributed by atoms with E-state index in [4.69, 9.17) is 9.47 Å². The molecule has 0 aliphatic carbocycles. The fourth-order valence-electron chi connectivity index (χ4n) is 2.51. The van der Waals surface area contributed by atoms with Gasteiger partial charge in [0.15, 0.2) is 0 Å². The van der Waals surface area contributed by atoms with E-state index in [-0.39, 0.29) is 30.0 Å². The lowest BCUT2D eigenvalue weighted by molar-refractivity contribution is -0.146. The number of nitrogens with zero attached hydrogens (tertiary/aromatic N) is 1. The highest BCUT2D eigenvalue weighted by molar-refractivity contribution is 5.83. The number of hydrogen-bond acceptors (Lipinski definition) is 4. The van der Waals surface area contributed by atoms with Crippen molar-refractivity contribution in [1.82, 2.24) is 4.90 Å². The molecule has 2 aliphatic heterocycles. The van der Waals surface area contributed by atoms with Gasteiger partial charge in [0.2, 0.25) is 0 Å². The number of esters is 1. The number of hydrogen-bond donors (Lipinski definition) is 0. The van der Waals surface area contributed by atoms with Crippen LogP contribution in [0, 0.1) is 5.92 Å². The predicted molar refractivity (Wildman–Crippen MR) is 60.3 cm³/mol. The fraction of sp³-hybridized carbons (Fsp3) is 0.833. The smallest absolute Gasteiger partial charge is 0.310 e. The molecule has 1 amide bonds. The average Bonchev–Trinajstić information content (AvgIpc) is 2.95. The number of carbonyl (C=O) groups excluding carboxylic acids is 2. The summed E-state index contributed by atoms with van der Waals surface area (Å²) < 4.78 is 10.2. The van der Waals surface area contributed by atoms with Crippen molar-refractivity contribution >= 4 is 11.9 Å². The van der Waals surface area contributed by atoms with Gasteiger partial charge in [-0.25, -0.2) is 0 Å². The minimum absolute atomic E-state index is 0.0285. The molecule has 2 fully saturated rings. The maximum atomic E-state index is 12.1. The first-order valence-corrected chi connectivity index (χ1v) is 6.14. The van der Waals surface area contributed by atoms with E-state index in [1.54, 1.807) is 4.90 Å². The van der Waals surface area contributed by atoms with Crippen LogP contribution in [0.15, 0.2) is 0 Å². The molecule has 0 N–H and O–H groups in total. The van der Waals surface area contributed by atoms with E-state index in [1.807, 2.05) is 6.92 Å². The van der Waals surface area contributed by atoms with E-state index in [2.05, 4.69) is 0 Å². The molecule has 5 nitrogen and oxygen atoms in total. The van der Waals surface area contributed by atoms with Gasteiger partial charge in [-0.05, 0) is 26.2 Å². The van der Waals surface area contributed by atoms with Gasteiger partial charge in [0.05, 0.1) is 19.1 Å². The van der Waals surface area contributed by atoms with Crippen molar-refractivity contribution in [2.75, 3.05) is 20.2 Å². The first-order valence-electron chi connectivity index (χ1n) is 6.14. The second kappa shape index (κ2) is 5.04. The zero-order valence-electron chi connectivity index (χ0n) is 10.3. The van der Waals surface area contributed by atoms with Crippen LogP contribution in [0.3, 0.4) is 0 Å². The van der Waals surface area contributed by atoms with Gasteiger partial charge in [0, 0.05) is 13.1 Å². The number of carbonyl (C=O) groups is 2. The summed E-state index contributed by atoms with van der Waals surface area (Å²) in [5, 5.41) is 0. The third-order valence-electron chi connectivity index (χ3n) is 3.54. The number of likely N-dealkylation sites (tertiary alicyclic amines) is 1. The maximum absolute atomic E-state index is 12.1. The number of ether oxygens (including phenoxy) is 2. The lowest BCUT2D eigenvalue weighted by atomic mass is 10.1. The molecule has 2 rings (SSSR count). The molecule has 0 aromatic carbocycles. The highest BCUT2D eigenvalue weighted by atomic mass is 16.5. The Bertz CT molecular complexity index is 318. The van der Waals surface area contributed by atoms with Crippen molar-refractivity contribution in [3.8, 4) is 0 Å². The molecule has 96 valence electrons. The molecular formula is C12H19NO4. The van der Waals surface area contributed by atoms with Gasteiger partial charge in [-0.15, -0.1) is 0 Å². The summed E-state index contributed by atoms with van der Waals surface area (Å²) in [4.78, 5) is 25.2. The highest BCUT2D eigenvalue weighted by Crippen LogP contribution is 2.24. The van der Waals surface area contributed by atoms with Crippen LogP contribution in [0.25, 0.3) is 0 Å². The lowest BCUT2D eigenvalue weighted by Gasteiger charge is -2.20. The molecule has 0 bridgehead atoms. The zero-order chi connectivity index (χ0) is 12.4. The first kappa shape index (κ1) is 12.4. The van der Waals surface area contributed by atoms with Crippen LogP contribution in [0.1, 0.15) is 26.2 Å². The lowest BCUT2D eigenvalue weighted by Crippen LogP contribution is -2.38. The van der Waals surface area contributed by atoms with Crippen LogP contribution in [-0.2, 0) is 19.1 Å². The molecule has 0 spiro atoms. The zero-order valence-corrected chi connectivity index (χ0v) is 10.3. The molecule has 0 radical (unpaired) electrons. The van der Waals surface area contributed by atoms with Gasteiger partial charge in [-0.3, -0.25) is 9.59 Å². The van der Waals surface area contributed by atoms with Crippen LogP contribution in [0.2, 0.25) is 0 Å². The summed E-state index contributed by atoms with van der Waals surface area (Å²) in [5.74, 6) is -0.357. The van der Waals surface area contributed by atoms with Gasteiger partial charge in [0.1, 0.15) is 6.10 Å². The van der Waals surface area contributed by atoms with Crippen molar-refractivity contribution in [3.63, 3.8) is 0 Å². The normalized spacial score (nSPS) is 32.8. The summed E-state index contributed by atoms with van der Waals surface area (Å²) in [6.45, 7) is 3.08. The Morgan fingerprint density at radius 3 is 2.65 bits per heavy atom. The average molecular weight is 241 g/mol. The molecule has 0 aromatic heterocycles. The monoisotopic (exact) mass is 241 g/mol. The second-order valence-corrected chi connectivity index (χ2v) is 4.81. The SMILES string of the molecule is COC(=O)C1CCN(C(=O)C2CCC(C)O2)C1. The second-order valence-electron chi connectivity index (χ2n) is 4.81. The minimum atomic E-state index is -0.304. The van der Waals surface area contributed by atoms with Gasteiger partial charge in [-0.1, -0.05) is 0 Å². The summed E-state index contributed by atoms with van der Waals surface area (Å²) in [5.41, 5.74) is 0. The summed E-state index contributed by atoms with van der Waals surface area (Å²) in [6, 6.07) is 0. The summed E-state index contributed by atoms with van der Waals surface area (Å²) in [7, 11) is 1.38. The molecule has 2 saturated heterocycles. The Balaban J connectivity index is 1.88. The fourth-order valence-corrected chi connectivity index (χ4v) is 2.51. The Morgan fingerprint density at radius 2 is 2.06 bits per heavy atom. The quantitative estimate of drug-likeness (QED) is 0.663. The van der Waals surface area contributed by atoms with Gasteiger partial charge < -0.3 is 14.4 Å². The van der Waals surface area contributed by atoms with Crippen LogP contribution < -0.4 is 0 Å².